The lowest BCUT2D eigenvalue weighted by molar-refractivity contribution is -0.140. The molecule has 1 aliphatic carbocycles. The van der Waals surface area contributed by atoms with E-state index in [1.165, 1.54) is 51.4 Å². The Labute approximate surface area is 124 Å². The number of hydrogen-bond acceptors (Lipinski definition) is 2. The second-order valence-corrected chi connectivity index (χ2v) is 6.62. The summed E-state index contributed by atoms with van der Waals surface area (Å²) in [6.45, 7) is 2.03. The van der Waals surface area contributed by atoms with Gasteiger partial charge in [-0.2, -0.15) is 0 Å². The van der Waals surface area contributed by atoms with Gasteiger partial charge in [0, 0.05) is 18.5 Å². The molecular formula is C17H32N2O. The number of hydrogen-bond donors (Lipinski definition) is 1. The highest BCUT2D eigenvalue weighted by Crippen LogP contribution is 2.28. The van der Waals surface area contributed by atoms with E-state index in [1.54, 1.807) is 0 Å². The topological polar surface area (TPSA) is 32.3 Å². The van der Waals surface area contributed by atoms with Crippen molar-refractivity contribution in [3.8, 4) is 0 Å². The fourth-order valence-electron chi connectivity index (χ4n) is 3.84. The monoisotopic (exact) mass is 280 g/mol. The summed E-state index contributed by atoms with van der Waals surface area (Å²) in [5.41, 5.74) is 0. The molecule has 1 atom stereocenters. The van der Waals surface area contributed by atoms with Gasteiger partial charge in [0.15, 0.2) is 0 Å². The molecule has 0 radical (unpaired) electrons. The maximum atomic E-state index is 12.9. The Hall–Kier alpha value is -0.570. The van der Waals surface area contributed by atoms with Gasteiger partial charge in [0.05, 0.1) is 0 Å². The van der Waals surface area contributed by atoms with Crippen LogP contribution in [0.15, 0.2) is 0 Å². The molecule has 1 unspecified atom stereocenters. The predicted octanol–water partition coefficient (Wildman–Crippen LogP) is 3.34. The van der Waals surface area contributed by atoms with Crippen molar-refractivity contribution in [2.75, 3.05) is 20.1 Å². The van der Waals surface area contributed by atoms with E-state index in [4.69, 9.17) is 0 Å². The molecule has 0 aromatic rings. The Morgan fingerprint density at radius 2 is 1.65 bits per heavy atom. The normalized spacial score (nSPS) is 26.1. The van der Waals surface area contributed by atoms with Crippen LogP contribution in [0.4, 0.5) is 0 Å². The molecule has 0 spiro atoms. The largest absolute Gasteiger partial charge is 0.339 e. The van der Waals surface area contributed by atoms with Gasteiger partial charge in [-0.15, -0.1) is 0 Å². The van der Waals surface area contributed by atoms with Crippen molar-refractivity contribution in [3.05, 3.63) is 0 Å². The molecule has 1 saturated carbocycles. The van der Waals surface area contributed by atoms with Gasteiger partial charge in [-0.05, 0) is 52.1 Å². The molecular weight excluding hydrogens is 248 g/mol. The first-order valence-corrected chi connectivity index (χ1v) is 8.78. The summed E-state index contributed by atoms with van der Waals surface area (Å²) in [5, 5.41) is 3.23. The Morgan fingerprint density at radius 1 is 1.00 bits per heavy atom. The van der Waals surface area contributed by atoms with Crippen molar-refractivity contribution in [1.29, 1.82) is 0 Å². The predicted molar refractivity (Wildman–Crippen MR) is 83.7 cm³/mol. The molecule has 2 aliphatic rings. The van der Waals surface area contributed by atoms with Crippen molar-refractivity contribution in [2.45, 2.75) is 76.7 Å². The first-order chi connectivity index (χ1) is 9.83. The molecule has 0 aromatic carbocycles. The number of nitrogens with one attached hydrogen (secondary N) is 1. The number of nitrogens with zero attached hydrogens (tertiary/aromatic N) is 1. The minimum Gasteiger partial charge on any atom is -0.339 e. The van der Waals surface area contributed by atoms with E-state index in [0.717, 1.165) is 32.4 Å². The molecule has 0 aromatic heterocycles. The minimum atomic E-state index is 0.325. The Balaban J connectivity index is 1.92. The quantitative estimate of drug-likeness (QED) is 0.856. The van der Waals surface area contributed by atoms with Crippen LogP contribution in [0.3, 0.4) is 0 Å². The van der Waals surface area contributed by atoms with Crippen molar-refractivity contribution in [1.82, 2.24) is 10.2 Å². The maximum absolute atomic E-state index is 12.9. The molecule has 2 fully saturated rings. The fraction of sp³-hybridized carbons (Fsp3) is 0.941. The number of piperidine rings is 1. The Kier molecular flexibility index (Phi) is 6.85. The van der Waals surface area contributed by atoms with Gasteiger partial charge in [-0.3, -0.25) is 4.79 Å². The lowest BCUT2D eigenvalue weighted by Gasteiger charge is -2.38. The van der Waals surface area contributed by atoms with E-state index in [1.807, 2.05) is 7.05 Å². The summed E-state index contributed by atoms with van der Waals surface area (Å²) in [6.07, 6.45) is 13.6. The standard InChI is InChI=1S/C17H32N2O/c1-18-13-12-16-11-7-8-14-19(16)17(20)15-9-5-3-2-4-6-10-15/h15-16,18H,2-14H2,1H3. The van der Waals surface area contributed by atoms with Gasteiger partial charge in [-0.1, -0.05) is 32.1 Å². The van der Waals surface area contributed by atoms with Gasteiger partial charge in [0.25, 0.3) is 0 Å². The molecule has 1 saturated heterocycles. The molecule has 20 heavy (non-hydrogen) atoms. The van der Waals surface area contributed by atoms with E-state index in [2.05, 4.69) is 10.2 Å². The molecule has 1 N–H and O–H groups in total. The summed E-state index contributed by atoms with van der Waals surface area (Å²) in [7, 11) is 2.00. The third kappa shape index (κ3) is 4.47. The third-order valence-corrected chi connectivity index (χ3v) is 5.09. The zero-order chi connectivity index (χ0) is 14.2. The molecule has 0 bridgehead atoms. The van der Waals surface area contributed by atoms with Crippen LogP contribution < -0.4 is 5.32 Å². The zero-order valence-electron chi connectivity index (χ0n) is 13.2. The number of carbonyl (C=O) groups excluding carboxylic acids is 1. The molecule has 116 valence electrons. The highest BCUT2D eigenvalue weighted by molar-refractivity contribution is 5.79. The van der Waals surface area contributed by atoms with Crippen LogP contribution >= 0.6 is 0 Å². The van der Waals surface area contributed by atoms with Crippen LogP contribution in [0.5, 0.6) is 0 Å². The smallest absolute Gasteiger partial charge is 0.225 e. The third-order valence-electron chi connectivity index (χ3n) is 5.09. The van der Waals surface area contributed by atoms with E-state index < -0.39 is 0 Å². The van der Waals surface area contributed by atoms with Gasteiger partial charge in [0.1, 0.15) is 0 Å². The molecule has 1 heterocycles. The summed E-state index contributed by atoms with van der Waals surface area (Å²) >= 11 is 0. The van der Waals surface area contributed by atoms with Crippen LogP contribution in [-0.4, -0.2) is 37.0 Å². The van der Waals surface area contributed by atoms with Crippen LogP contribution in [0, 0.1) is 5.92 Å². The van der Waals surface area contributed by atoms with E-state index in [-0.39, 0.29) is 0 Å². The second kappa shape index (κ2) is 8.66. The number of carbonyl (C=O) groups is 1. The first-order valence-electron chi connectivity index (χ1n) is 8.78. The first kappa shape index (κ1) is 15.8. The average molecular weight is 280 g/mol. The highest BCUT2D eigenvalue weighted by Gasteiger charge is 2.30. The summed E-state index contributed by atoms with van der Waals surface area (Å²) in [5.74, 6) is 0.804. The summed E-state index contributed by atoms with van der Waals surface area (Å²) in [6, 6.07) is 0.495. The van der Waals surface area contributed by atoms with Crippen LogP contribution in [0.25, 0.3) is 0 Å². The average Bonchev–Trinajstić information content (AvgIpc) is 2.44. The second-order valence-electron chi connectivity index (χ2n) is 6.62. The van der Waals surface area contributed by atoms with E-state index in [0.29, 0.717) is 17.9 Å². The summed E-state index contributed by atoms with van der Waals surface area (Å²) in [4.78, 5) is 15.1. The van der Waals surface area contributed by atoms with Crippen LogP contribution in [0.2, 0.25) is 0 Å². The van der Waals surface area contributed by atoms with E-state index in [9.17, 15) is 4.79 Å². The molecule has 1 amide bonds. The fourth-order valence-corrected chi connectivity index (χ4v) is 3.84. The minimum absolute atomic E-state index is 0.325. The number of likely N-dealkylation sites (tertiary alicyclic amines) is 1. The van der Waals surface area contributed by atoms with Gasteiger partial charge in [-0.25, -0.2) is 0 Å². The zero-order valence-corrected chi connectivity index (χ0v) is 13.2. The van der Waals surface area contributed by atoms with Crippen molar-refractivity contribution >= 4 is 5.91 Å². The Morgan fingerprint density at radius 3 is 2.35 bits per heavy atom. The van der Waals surface area contributed by atoms with Crippen molar-refractivity contribution in [2.24, 2.45) is 5.92 Å². The lowest BCUT2D eigenvalue weighted by atomic mass is 9.88. The Bertz CT molecular complexity index is 285. The van der Waals surface area contributed by atoms with Gasteiger partial charge < -0.3 is 10.2 Å². The maximum Gasteiger partial charge on any atom is 0.225 e. The molecule has 3 nitrogen and oxygen atoms in total. The van der Waals surface area contributed by atoms with Crippen molar-refractivity contribution < 1.29 is 4.79 Å². The SMILES string of the molecule is CNCCC1CCCCN1C(=O)C1CCCCCCC1. The van der Waals surface area contributed by atoms with Crippen LogP contribution in [0.1, 0.15) is 70.6 Å². The number of rotatable bonds is 4. The van der Waals surface area contributed by atoms with Crippen molar-refractivity contribution in [3.63, 3.8) is 0 Å². The van der Waals surface area contributed by atoms with Gasteiger partial charge in [0.2, 0.25) is 5.91 Å². The van der Waals surface area contributed by atoms with E-state index >= 15 is 0 Å². The van der Waals surface area contributed by atoms with Crippen LogP contribution in [-0.2, 0) is 4.79 Å². The summed E-state index contributed by atoms with van der Waals surface area (Å²) < 4.78 is 0. The lowest BCUT2D eigenvalue weighted by Crippen LogP contribution is -2.47. The molecule has 3 heteroatoms. The number of amides is 1. The molecule has 1 aliphatic heterocycles. The highest BCUT2D eigenvalue weighted by atomic mass is 16.2. The van der Waals surface area contributed by atoms with Gasteiger partial charge >= 0.3 is 0 Å². The molecule has 2 rings (SSSR count).